The van der Waals surface area contributed by atoms with Gasteiger partial charge in [0.15, 0.2) is 0 Å². The molecule has 4 heteroatoms. The van der Waals surface area contributed by atoms with E-state index in [-0.39, 0.29) is 11.7 Å². The maximum absolute atomic E-state index is 6.12. The van der Waals surface area contributed by atoms with Crippen LogP contribution in [0.5, 0.6) is 5.75 Å². The normalized spacial score (nSPS) is 34.0. The van der Waals surface area contributed by atoms with Gasteiger partial charge in [-0.3, -0.25) is 0 Å². The Morgan fingerprint density at radius 1 is 1.37 bits per heavy atom. The monoisotopic (exact) mass is 263 g/mol. The summed E-state index contributed by atoms with van der Waals surface area (Å²) in [5.74, 6) is 1.33. The van der Waals surface area contributed by atoms with Crippen LogP contribution in [0.15, 0.2) is 24.3 Å². The molecule has 0 amide bonds. The number of ether oxygens (including phenoxy) is 3. The van der Waals surface area contributed by atoms with Gasteiger partial charge >= 0.3 is 0 Å². The van der Waals surface area contributed by atoms with Crippen LogP contribution in [0.3, 0.4) is 0 Å². The Labute approximate surface area is 114 Å². The molecule has 2 aliphatic heterocycles. The molecule has 2 fully saturated rings. The van der Waals surface area contributed by atoms with E-state index in [0.717, 1.165) is 31.9 Å². The van der Waals surface area contributed by atoms with Crippen LogP contribution >= 0.6 is 0 Å². The highest BCUT2D eigenvalue weighted by Gasteiger charge is 2.50. The van der Waals surface area contributed by atoms with Gasteiger partial charge in [-0.2, -0.15) is 0 Å². The molecule has 1 aromatic carbocycles. The minimum Gasteiger partial charge on any atom is -0.497 e. The summed E-state index contributed by atoms with van der Waals surface area (Å²) in [6.07, 6.45) is 1.16. The van der Waals surface area contributed by atoms with Crippen LogP contribution in [0.2, 0.25) is 0 Å². The molecule has 3 atom stereocenters. The third-order valence-corrected chi connectivity index (χ3v) is 4.35. The summed E-state index contributed by atoms with van der Waals surface area (Å²) in [6, 6.07) is 8.28. The van der Waals surface area contributed by atoms with E-state index in [1.54, 1.807) is 14.2 Å². The van der Waals surface area contributed by atoms with Gasteiger partial charge in [0.05, 0.1) is 19.8 Å². The minimum atomic E-state index is -0.150. The number of nitrogens with one attached hydrogen (secondary N) is 1. The molecule has 2 saturated heterocycles. The summed E-state index contributed by atoms with van der Waals surface area (Å²) >= 11 is 0. The SMILES string of the molecule is COc1cccc([C@H]2CO[C@@]3(CNC[C@H]3OC)C2)c1. The molecule has 4 nitrogen and oxygen atoms in total. The van der Waals surface area contributed by atoms with E-state index in [0.29, 0.717) is 5.92 Å². The number of rotatable bonds is 3. The highest BCUT2D eigenvalue weighted by atomic mass is 16.6. The largest absolute Gasteiger partial charge is 0.497 e. The highest BCUT2D eigenvalue weighted by molar-refractivity contribution is 5.32. The molecule has 0 aromatic heterocycles. The Hall–Kier alpha value is -1.10. The quantitative estimate of drug-likeness (QED) is 0.898. The van der Waals surface area contributed by atoms with E-state index in [4.69, 9.17) is 14.2 Å². The van der Waals surface area contributed by atoms with E-state index in [1.807, 2.05) is 12.1 Å². The fourth-order valence-electron chi connectivity index (χ4n) is 3.27. The van der Waals surface area contributed by atoms with Gasteiger partial charge in [0.1, 0.15) is 11.4 Å². The van der Waals surface area contributed by atoms with E-state index in [2.05, 4.69) is 17.4 Å². The van der Waals surface area contributed by atoms with Crippen molar-refractivity contribution in [3.05, 3.63) is 29.8 Å². The van der Waals surface area contributed by atoms with Crippen molar-refractivity contribution < 1.29 is 14.2 Å². The molecule has 0 aliphatic carbocycles. The smallest absolute Gasteiger partial charge is 0.119 e. The van der Waals surface area contributed by atoms with Crippen LogP contribution in [0.1, 0.15) is 17.9 Å². The topological polar surface area (TPSA) is 39.7 Å². The zero-order valence-electron chi connectivity index (χ0n) is 11.5. The Balaban J connectivity index is 1.78. The van der Waals surface area contributed by atoms with Crippen molar-refractivity contribution >= 4 is 0 Å². The van der Waals surface area contributed by atoms with Crippen molar-refractivity contribution in [1.82, 2.24) is 5.32 Å². The first kappa shape index (κ1) is 12.9. The standard InChI is InChI=1S/C15H21NO3/c1-17-13-5-3-4-11(6-13)12-7-15(19-9-12)10-16-8-14(15)18-2/h3-6,12,14,16H,7-10H2,1-2H3/t12-,14-,15-/m1/s1. The van der Waals surface area contributed by atoms with E-state index >= 15 is 0 Å². The first-order valence-electron chi connectivity index (χ1n) is 6.79. The molecular formula is C15H21NO3. The van der Waals surface area contributed by atoms with Crippen molar-refractivity contribution in [2.45, 2.75) is 24.0 Å². The van der Waals surface area contributed by atoms with E-state index in [1.165, 1.54) is 5.56 Å². The number of methoxy groups -OCH3 is 2. The lowest BCUT2D eigenvalue weighted by molar-refractivity contribution is -0.0750. The fourth-order valence-corrected chi connectivity index (χ4v) is 3.27. The molecule has 0 bridgehead atoms. The molecule has 1 spiro atoms. The van der Waals surface area contributed by atoms with Gasteiger partial charge < -0.3 is 19.5 Å². The summed E-state index contributed by atoms with van der Waals surface area (Å²) in [6.45, 7) is 2.52. The van der Waals surface area contributed by atoms with Crippen LogP contribution in [0.4, 0.5) is 0 Å². The second kappa shape index (κ2) is 5.12. The first-order valence-corrected chi connectivity index (χ1v) is 6.79. The van der Waals surface area contributed by atoms with Crippen molar-refractivity contribution in [1.29, 1.82) is 0 Å². The zero-order valence-corrected chi connectivity index (χ0v) is 11.5. The van der Waals surface area contributed by atoms with Gasteiger partial charge in [-0.25, -0.2) is 0 Å². The maximum atomic E-state index is 6.12. The van der Waals surface area contributed by atoms with Crippen molar-refractivity contribution in [2.24, 2.45) is 0 Å². The molecule has 0 unspecified atom stereocenters. The molecule has 2 heterocycles. The third-order valence-electron chi connectivity index (χ3n) is 4.35. The van der Waals surface area contributed by atoms with E-state index < -0.39 is 0 Å². The second-order valence-corrected chi connectivity index (χ2v) is 5.41. The van der Waals surface area contributed by atoms with Crippen LogP contribution in [-0.4, -0.2) is 45.6 Å². The lowest BCUT2D eigenvalue weighted by Gasteiger charge is -2.28. The number of benzene rings is 1. The summed E-state index contributed by atoms with van der Waals surface area (Å²) in [5, 5.41) is 3.38. The molecular weight excluding hydrogens is 242 g/mol. The Morgan fingerprint density at radius 3 is 3.05 bits per heavy atom. The van der Waals surface area contributed by atoms with Gasteiger partial charge in [0.2, 0.25) is 0 Å². The van der Waals surface area contributed by atoms with Crippen LogP contribution in [0, 0.1) is 0 Å². The van der Waals surface area contributed by atoms with Crippen LogP contribution in [-0.2, 0) is 9.47 Å². The summed E-state index contributed by atoms with van der Waals surface area (Å²) < 4.78 is 17.0. The second-order valence-electron chi connectivity index (χ2n) is 5.41. The Bertz CT molecular complexity index is 451. The third kappa shape index (κ3) is 2.24. The maximum Gasteiger partial charge on any atom is 0.119 e. The number of hydrogen-bond acceptors (Lipinski definition) is 4. The predicted octanol–water partition coefficient (Wildman–Crippen LogP) is 1.56. The lowest BCUT2D eigenvalue weighted by atomic mass is 9.87. The lowest BCUT2D eigenvalue weighted by Crippen LogP contribution is -2.42. The fraction of sp³-hybridized carbons (Fsp3) is 0.600. The average molecular weight is 263 g/mol. The molecule has 0 saturated carbocycles. The van der Waals surface area contributed by atoms with Gasteiger partial charge in [-0.1, -0.05) is 12.1 Å². The highest BCUT2D eigenvalue weighted by Crippen LogP contribution is 2.41. The van der Waals surface area contributed by atoms with Crippen molar-refractivity contribution in [2.75, 3.05) is 33.9 Å². The van der Waals surface area contributed by atoms with Crippen LogP contribution < -0.4 is 10.1 Å². The summed E-state index contributed by atoms with van der Waals surface area (Å²) in [5.41, 5.74) is 1.14. The molecule has 1 aromatic rings. The molecule has 3 rings (SSSR count). The average Bonchev–Trinajstić information content (AvgIpc) is 3.07. The Morgan fingerprint density at radius 2 is 2.26 bits per heavy atom. The minimum absolute atomic E-state index is 0.150. The zero-order chi connectivity index (χ0) is 13.3. The summed E-state index contributed by atoms with van der Waals surface area (Å²) in [4.78, 5) is 0. The van der Waals surface area contributed by atoms with Gasteiger partial charge in [-0.05, 0) is 24.1 Å². The van der Waals surface area contributed by atoms with Crippen molar-refractivity contribution in [3.63, 3.8) is 0 Å². The first-order chi connectivity index (χ1) is 9.27. The van der Waals surface area contributed by atoms with Gasteiger partial charge in [-0.15, -0.1) is 0 Å². The predicted molar refractivity (Wildman–Crippen MR) is 72.7 cm³/mol. The van der Waals surface area contributed by atoms with Crippen LogP contribution in [0.25, 0.3) is 0 Å². The Kier molecular flexibility index (Phi) is 3.48. The van der Waals surface area contributed by atoms with E-state index in [9.17, 15) is 0 Å². The molecule has 19 heavy (non-hydrogen) atoms. The summed E-state index contributed by atoms with van der Waals surface area (Å²) in [7, 11) is 3.47. The molecule has 0 radical (unpaired) electrons. The van der Waals surface area contributed by atoms with Gasteiger partial charge in [0.25, 0.3) is 0 Å². The number of hydrogen-bond donors (Lipinski definition) is 1. The van der Waals surface area contributed by atoms with Crippen molar-refractivity contribution in [3.8, 4) is 5.75 Å². The molecule has 1 N–H and O–H groups in total. The molecule has 104 valence electrons. The molecule has 2 aliphatic rings. The van der Waals surface area contributed by atoms with Gasteiger partial charge in [0, 0.05) is 26.1 Å².